The summed E-state index contributed by atoms with van der Waals surface area (Å²) >= 11 is 9.44. The van der Waals surface area contributed by atoms with Crippen LogP contribution in [0.15, 0.2) is 40.9 Å². The Kier molecular flexibility index (Phi) is 5.02. The maximum absolute atomic E-state index is 13.8. The Labute approximate surface area is 130 Å². The summed E-state index contributed by atoms with van der Waals surface area (Å²) in [7, 11) is 1.60. The van der Waals surface area contributed by atoms with Crippen molar-refractivity contribution < 1.29 is 9.13 Å². The first kappa shape index (κ1) is 15.3. The molecular weight excluding hydrogens is 345 g/mol. The van der Waals surface area contributed by atoms with Crippen LogP contribution in [0.25, 0.3) is 0 Å². The molecule has 5 heteroatoms. The Bertz CT molecular complexity index is 601. The molecule has 2 aromatic carbocycles. The first-order chi connectivity index (χ1) is 9.52. The summed E-state index contributed by atoms with van der Waals surface area (Å²) in [5.74, 6) is 0.365. The number of ether oxygens (including phenoxy) is 1. The average Bonchev–Trinajstić information content (AvgIpc) is 2.38. The van der Waals surface area contributed by atoms with Crippen LogP contribution in [0.4, 0.5) is 4.39 Å². The molecule has 0 aliphatic heterocycles. The molecule has 0 bridgehead atoms. The van der Waals surface area contributed by atoms with Gasteiger partial charge < -0.3 is 10.5 Å². The highest BCUT2D eigenvalue weighted by atomic mass is 79.9. The molecule has 0 spiro atoms. The molecular formula is C15H14BrClFNO. The fourth-order valence-corrected chi connectivity index (χ4v) is 2.95. The Morgan fingerprint density at radius 2 is 2.10 bits per heavy atom. The van der Waals surface area contributed by atoms with Crippen molar-refractivity contribution in [3.8, 4) is 5.75 Å². The summed E-state index contributed by atoms with van der Waals surface area (Å²) in [6.07, 6.45) is 0.489. The lowest BCUT2D eigenvalue weighted by atomic mass is 9.99. The van der Waals surface area contributed by atoms with E-state index in [4.69, 9.17) is 22.1 Å². The van der Waals surface area contributed by atoms with E-state index >= 15 is 0 Å². The molecule has 1 unspecified atom stereocenters. The molecule has 2 N–H and O–H groups in total. The van der Waals surface area contributed by atoms with E-state index in [0.29, 0.717) is 17.0 Å². The molecule has 0 aliphatic rings. The third-order valence-corrected chi connectivity index (χ3v) is 3.99. The van der Waals surface area contributed by atoms with Crippen LogP contribution in [0.2, 0.25) is 5.02 Å². The molecule has 20 heavy (non-hydrogen) atoms. The Hall–Kier alpha value is -1.10. The lowest BCUT2D eigenvalue weighted by Gasteiger charge is -2.15. The topological polar surface area (TPSA) is 35.2 Å². The smallest absolute Gasteiger partial charge is 0.133 e. The zero-order valence-corrected chi connectivity index (χ0v) is 13.2. The van der Waals surface area contributed by atoms with Gasteiger partial charge in [-0.1, -0.05) is 23.7 Å². The number of benzene rings is 2. The van der Waals surface area contributed by atoms with Gasteiger partial charge in [-0.15, -0.1) is 0 Å². The summed E-state index contributed by atoms with van der Waals surface area (Å²) in [6.45, 7) is 0. The van der Waals surface area contributed by atoms with Crippen LogP contribution in [-0.4, -0.2) is 7.11 Å². The van der Waals surface area contributed by atoms with Crippen LogP contribution >= 0.6 is 27.5 Å². The monoisotopic (exact) mass is 357 g/mol. The average molecular weight is 359 g/mol. The van der Waals surface area contributed by atoms with Gasteiger partial charge in [0.05, 0.1) is 11.6 Å². The zero-order valence-electron chi connectivity index (χ0n) is 10.9. The van der Waals surface area contributed by atoms with Gasteiger partial charge in [-0.3, -0.25) is 0 Å². The molecule has 0 radical (unpaired) electrons. The van der Waals surface area contributed by atoms with Gasteiger partial charge >= 0.3 is 0 Å². The molecule has 0 aliphatic carbocycles. The highest BCUT2D eigenvalue weighted by Gasteiger charge is 2.16. The standard InChI is InChI=1S/C15H14BrClFNO/c1-20-14-6-5-9(7-10(14)16)8-13(19)15-11(17)3-2-4-12(15)18/h2-7,13H,8,19H2,1H3. The maximum atomic E-state index is 13.8. The van der Waals surface area contributed by atoms with Gasteiger partial charge in [0.1, 0.15) is 11.6 Å². The van der Waals surface area contributed by atoms with Crippen molar-refractivity contribution in [3.63, 3.8) is 0 Å². The quantitative estimate of drug-likeness (QED) is 0.874. The third kappa shape index (κ3) is 3.32. The van der Waals surface area contributed by atoms with Crippen molar-refractivity contribution >= 4 is 27.5 Å². The second-order valence-electron chi connectivity index (χ2n) is 4.41. The van der Waals surface area contributed by atoms with Crippen molar-refractivity contribution in [2.24, 2.45) is 5.73 Å². The largest absolute Gasteiger partial charge is 0.496 e. The van der Waals surface area contributed by atoms with Gasteiger partial charge in [-0.2, -0.15) is 0 Å². The van der Waals surface area contributed by atoms with Crippen LogP contribution < -0.4 is 10.5 Å². The molecule has 0 fully saturated rings. The fourth-order valence-electron chi connectivity index (χ4n) is 2.06. The van der Waals surface area contributed by atoms with Gasteiger partial charge in [0.15, 0.2) is 0 Å². The lowest BCUT2D eigenvalue weighted by Crippen LogP contribution is -2.15. The Balaban J connectivity index is 2.23. The van der Waals surface area contributed by atoms with Crippen LogP contribution in [0, 0.1) is 5.82 Å². The van der Waals surface area contributed by atoms with Crippen LogP contribution in [0.3, 0.4) is 0 Å². The molecule has 0 amide bonds. The second-order valence-corrected chi connectivity index (χ2v) is 5.68. The van der Waals surface area contributed by atoms with Crippen LogP contribution in [-0.2, 0) is 6.42 Å². The second kappa shape index (κ2) is 6.57. The van der Waals surface area contributed by atoms with Gasteiger partial charge in [-0.05, 0) is 52.2 Å². The SMILES string of the molecule is COc1ccc(CC(N)c2c(F)cccc2Cl)cc1Br. The molecule has 1 atom stereocenters. The van der Waals surface area contributed by atoms with Gasteiger partial charge in [0, 0.05) is 16.6 Å². The highest BCUT2D eigenvalue weighted by Crippen LogP contribution is 2.30. The van der Waals surface area contributed by atoms with E-state index in [1.54, 1.807) is 19.2 Å². The number of hydrogen-bond donors (Lipinski definition) is 1. The van der Waals surface area contributed by atoms with Gasteiger partial charge in [0.2, 0.25) is 0 Å². The minimum absolute atomic E-state index is 0.348. The molecule has 0 heterocycles. The third-order valence-electron chi connectivity index (χ3n) is 3.04. The predicted octanol–water partition coefficient (Wildman–Crippen LogP) is 4.49. The van der Waals surface area contributed by atoms with Crippen LogP contribution in [0.1, 0.15) is 17.2 Å². The van der Waals surface area contributed by atoms with Gasteiger partial charge in [0.25, 0.3) is 0 Å². The zero-order chi connectivity index (χ0) is 14.7. The summed E-state index contributed by atoms with van der Waals surface area (Å²) < 4.78 is 19.8. The van der Waals surface area contributed by atoms with E-state index in [-0.39, 0.29) is 5.82 Å². The maximum Gasteiger partial charge on any atom is 0.133 e. The molecule has 106 valence electrons. The van der Waals surface area contributed by atoms with E-state index in [1.807, 2.05) is 18.2 Å². The van der Waals surface area contributed by atoms with Crippen molar-refractivity contribution in [3.05, 3.63) is 62.8 Å². The highest BCUT2D eigenvalue weighted by molar-refractivity contribution is 9.10. The number of nitrogens with two attached hydrogens (primary N) is 1. The molecule has 0 aromatic heterocycles. The van der Waals surface area contributed by atoms with Crippen molar-refractivity contribution in [2.45, 2.75) is 12.5 Å². The number of hydrogen-bond acceptors (Lipinski definition) is 2. The van der Waals surface area contributed by atoms with Gasteiger partial charge in [-0.25, -0.2) is 4.39 Å². The van der Waals surface area contributed by atoms with Crippen molar-refractivity contribution in [2.75, 3.05) is 7.11 Å². The van der Waals surface area contributed by atoms with Crippen molar-refractivity contribution in [1.29, 1.82) is 0 Å². The van der Waals surface area contributed by atoms with E-state index < -0.39 is 6.04 Å². The molecule has 2 rings (SSSR count). The van der Waals surface area contributed by atoms with Crippen molar-refractivity contribution in [1.82, 2.24) is 0 Å². The number of rotatable bonds is 4. The van der Waals surface area contributed by atoms with E-state index in [0.717, 1.165) is 15.8 Å². The number of methoxy groups -OCH3 is 1. The predicted molar refractivity (Wildman–Crippen MR) is 82.7 cm³/mol. The van der Waals surface area contributed by atoms with E-state index in [2.05, 4.69) is 15.9 Å². The molecule has 2 aromatic rings. The molecule has 2 nitrogen and oxygen atoms in total. The minimum Gasteiger partial charge on any atom is -0.496 e. The Morgan fingerprint density at radius 1 is 1.35 bits per heavy atom. The molecule has 0 saturated heterocycles. The number of halogens is 3. The first-order valence-corrected chi connectivity index (χ1v) is 7.22. The van der Waals surface area contributed by atoms with E-state index in [1.165, 1.54) is 6.07 Å². The molecule has 0 saturated carbocycles. The summed E-state index contributed by atoms with van der Waals surface area (Å²) in [5, 5.41) is 0.352. The summed E-state index contributed by atoms with van der Waals surface area (Å²) in [5.41, 5.74) is 7.40. The summed E-state index contributed by atoms with van der Waals surface area (Å²) in [6, 6.07) is 9.73. The lowest BCUT2D eigenvalue weighted by molar-refractivity contribution is 0.412. The van der Waals surface area contributed by atoms with Crippen LogP contribution in [0.5, 0.6) is 5.75 Å². The first-order valence-electron chi connectivity index (χ1n) is 6.05. The Morgan fingerprint density at radius 3 is 2.70 bits per heavy atom. The fraction of sp³-hybridized carbons (Fsp3) is 0.200. The van der Waals surface area contributed by atoms with E-state index in [9.17, 15) is 4.39 Å². The summed E-state index contributed by atoms with van der Waals surface area (Å²) in [4.78, 5) is 0. The normalized spacial score (nSPS) is 12.2. The minimum atomic E-state index is -0.496.